The molecule has 0 N–H and O–H groups in total. The molecule has 7 rings (SSSR count). The van der Waals surface area contributed by atoms with Crippen LogP contribution >= 0.6 is 11.6 Å². The van der Waals surface area contributed by atoms with Gasteiger partial charge in [-0.15, -0.1) is 5.10 Å². The van der Waals surface area contributed by atoms with E-state index >= 15 is 0 Å². The van der Waals surface area contributed by atoms with Crippen molar-refractivity contribution < 1.29 is 28.1 Å². The number of ketones is 2. The third-order valence-corrected chi connectivity index (χ3v) is 14.6. The molecule has 2 aliphatic carbocycles. The molecular weight excluding hydrogens is 688 g/mol. The highest BCUT2D eigenvalue weighted by atomic mass is 35.5. The Morgan fingerprint density at radius 2 is 1.98 bits per heavy atom. The second kappa shape index (κ2) is 13.9. The number of Topliss-reactive ketones (excluding diaryl/α,β-unsaturated/α-hetero) is 1. The van der Waals surface area contributed by atoms with Gasteiger partial charge in [0.25, 0.3) is 5.91 Å². The van der Waals surface area contributed by atoms with Crippen LogP contribution in [0.1, 0.15) is 77.8 Å². The molecule has 2 aliphatic heterocycles. The van der Waals surface area contributed by atoms with Gasteiger partial charge in [-0.1, -0.05) is 30.7 Å². The average Bonchev–Trinajstić information content (AvgIpc) is 3.41. The molecular formula is C39H45ClN4O6S. The molecule has 12 heteroatoms. The summed E-state index contributed by atoms with van der Waals surface area (Å²) in [6, 6.07) is 11.4. The highest BCUT2D eigenvalue weighted by Crippen LogP contribution is 2.46. The van der Waals surface area contributed by atoms with Crippen LogP contribution in [0.25, 0.3) is 0 Å². The highest BCUT2D eigenvalue weighted by molar-refractivity contribution is 7.95. The molecule has 1 amide bonds. The van der Waals surface area contributed by atoms with E-state index in [-0.39, 0.29) is 46.0 Å². The van der Waals surface area contributed by atoms with Gasteiger partial charge in [-0.05, 0) is 105 Å². The lowest BCUT2D eigenvalue weighted by molar-refractivity contribution is -0.122. The first-order chi connectivity index (χ1) is 24.4. The maximum absolute atomic E-state index is 14.9. The Bertz CT molecular complexity index is 2050. The predicted octanol–water partition coefficient (Wildman–Crippen LogP) is 6.63. The van der Waals surface area contributed by atoms with Crippen molar-refractivity contribution in [2.45, 2.75) is 63.0 Å². The molecule has 2 aromatic carbocycles. The molecule has 0 unspecified atom stereocenters. The van der Waals surface area contributed by atoms with Gasteiger partial charge in [-0.3, -0.25) is 19.1 Å². The van der Waals surface area contributed by atoms with E-state index in [2.05, 4.69) is 26.5 Å². The number of anilines is 1. The first-order valence-corrected chi connectivity index (χ1v) is 19.9. The molecule has 10 nitrogen and oxygen atoms in total. The number of methoxy groups -OCH3 is 1. The quantitative estimate of drug-likeness (QED) is 0.275. The zero-order valence-electron chi connectivity index (χ0n) is 29.6. The highest BCUT2D eigenvalue weighted by Gasteiger charge is 2.44. The second-order valence-electron chi connectivity index (χ2n) is 14.8. The Kier molecular flexibility index (Phi) is 9.64. The number of aryl methyl sites for hydroxylation is 2. The largest absolute Gasteiger partial charge is 0.490 e. The van der Waals surface area contributed by atoms with Gasteiger partial charge in [0.15, 0.2) is 11.6 Å². The van der Waals surface area contributed by atoms with Gasteiger partial charge in [-0.2, -0.15) is 4.36 Å². The van der Waals surface area contributed by atoms with Gasteiger partial charge in [0, 0.05) is 53.5 Å². The lowest BCUT2D eigenvalue weighted by Gasteiger charge is -2.44. The van der Waals surface area contributed by atoms with E-state index in [0.29, 0.717) is 36.9 Å². The molecule has 6 atom stereocenters. The fraction of sp³-hybridized carbons (Fsp3) is 0.487. The summed E-state index contributed by atoms with van der Waals surface area (Å²) in [5.41, 5.74) is 3.33. The minimum absolute atomic E-state index is 0.0981. The Morgan fingerprint density at radius 1 is 1.16 bits per heavy atom. The zero-order valence-corrected chi connectivity index (χ0v) is 31.2. The molecule has 3 aromatic rings. The van der Waals surface area contributed by atoms with Gasteiger partial charge in [0.2, 0.25) is 5.88 Å². The molecule has 270 valence electrons. The summed E-state index contributed by atoms with van der Waals surface area (Å²) in [6.07, 6.45) is 10.1. The summed E-state index contributed by atoms with van der Waals surface area (Å²) in [7, 11) is -0.389. The number of rotatable bonds is 4. The Hall–Kier alpha value is -3.96. The number of fused-ring (bicyclic) bond motifs is 4. The Labute approximate surface area is 304 Å². The summed E-state index contributed by atoms with van der Waals surface area (Å²) in [5.74, 6) is -0.924. The zero-order chi connectivity index (χ0) is 36.1. The van der Waals surface area contributed by atoms with Crippen molar-refractivity contribution >= 4 is 44.5 Å². The number of halogens is 1. The van der Waals surface area contributed by atoms with Gasteiger partial charge in [0.1, 0.15) is 11.3 Å². The number of hydrogen-bond donors (Lipinski definition) is 0. The van der Waals surface area contributed by atoms with E-state index in [4.69, 9.17) is 21.1 Å². The number of benzene rings is 2. The molecule has 1 saturated carbocycles. The monoisotopic (exact) mass is 732 g/mol. The fourth-order valence-corrected chi connectivity index (χ4v) is 10.7. The number of carbonyl (C=O) groups is 3. The molecule has 1 aromatic heterocycles. The molecule has 0 radical (unpaired) electrons. The maximum atomic E-state index is 14.9. The minimum atomic E-state index is -3.47. The van der Waals surface area contributed by atoms with Gasteiger partial charge in [-0.25, -0.2) is 4.21 Å². The van der Waals surface area contributed by atoms with Crippen LogP contribution < -0.4 is 14.4 Å². The van der Waals surface area contributed by atoms with Crippen LogP contribution in [-0.4, -0.2) is 69.3 Å². The van der Waals surface area contributed by atoms with E-state index < -0.39 is 32.4 Å². The van der Waals surface area contributed by atoms with Crippen LogP contribution in [0.2, 0.25) is 5.02 Å². The Morgan fingerprint density at radius 3 is 2.75 bits per heavy atom. The van der Waals surface area contributed by atoms with Crippen LogP contribution in [0.15, 0.2) is 59.1 Å². The number of amides is 1. The summed E-state index contributed by atoms with van der Waals surface area (Å²) < 4.78 is 32.7. The van der Waals surface area contributed by atoms with Crippen molar-refractivity contribution in [2.24, 2.45) is 29.2 Å². The van der Waals surface area contributed by atoms with Crippen LogP contribution in [0.3, 0.4) is 0 Å². The number of ether oxygens (including phenoxy) is 2. The number of nitrogens with zero attached hydrogens (tertiary/aromatic N) is 4. The standard InChI is InChI=1S/C39H45ClN4O6S/c1-24-7-5-9-34(45)30-13-10-28(30)19-44-22-39(16-6-8-26-17-29(40)12-14-32(26)39)23-50-36-15-11-27(18-33(36)44)37(47)42-51(48,25(24)2)21-35(46)31-20-43(3)41-38(31)49-4/h5,9,11-12,14-15,17-18,20,24-25,28,30H,6-8,10,13,16,19,21-23H2,1-4H3/b9-5+/t24-,25+,28-,30+,39-,51-/m0/s1. The van der Waals surface area contributed by atoms with E-state index in [1.165, 1.54) is 29.1 Å². The van der Waals surface area contributed by atoms with Gasteiger partial charge >= 0.3 is 0 Å². The van der Waals surface area contributed by atoms with Crippen molar-refractivity contribution in [3.05, 3.63) is 82.0 Å². The molecule has 51 heavy (non-hydrogen) atoms. The predicted molar refractivity (Wildman–Crippen MR) is 198 cm³/mol. The lowest BCUT2D eigenvalue weighted by atomic mass is 9.68. The van der Waals surface area contributed by atoms with Crippen LogP contribution in [0, 0.1) is 17.8 Å². The normalized spacial score (nSPS) is 29.9. The average molecular weight is 733 g/mol. The van der Waals surface area contributed by atoms with Crippen LogP contribution in [0.4, 0.5) is 5.69 Å². The molecule has 3 heterocycles. The minimum Gasteiger partial charge on any atom is -0.490 e. The summed E-state index contributed by atoms with van der Waals surface area (Å²) in [4.78, 5) is 43.7. The third kappa shape index (κ3) is 6.75. The third-order valence-electron chi connectivity index (χ3n) is 11.6. The van der Waals surface area contributed by atoms with Crippen molar-refractivity contribution in [3.8, 4) is 11.6 Å². The first-order valence-electron chi connectivity index (χ1n) is 17.8. The van der Waals surface area contributed by atoms with Crippen molar-refractivity contribution in [1.29, 1.82) is 0 Å². The van der Waals surface area contributed by atoms with E-state index in [1.807, 2.05) is 19.1 Å². The lowest BCUT2D eigenvalue weighted by Crippen LogP contribution is -2.49. The summed E-state index contributed by atoms with van der Waals surface area (Å²) in [5, 5.41) is 4.24. The molecule has 4 aliphatic rings. The van der Waals surface area contributed by atoms with E-state index in [0.717, 1.165) is 37.8 Å². The number of allylic oxidation sites excluding steroid dienone is 2. The molecule has 1 spiro atoms. The fourth-order valence-electron chi connectivity index (χ4n) is 8.28. The molecule has 0 saturated heterocycles. The van der Waals surface area contributed by atoms with Gasteiger partial charge in [0.05, 0.1) is 34.9 Å². The summed E-state index contributed by atoms with van der Waals surface area (Å²) >= 11 is 6.43. The Balaban J connectivity index is 1.32. The van der Waals surface area contributed by atoms with Gasteiger partial charge < -0.3 is 14.4 Å². The maximum Gasteiger partial charge on any atom is 0.285 e. The first kappa shape index (κ1) is 35.4. The van der Waals surface area contributed by atoms with Crippen molar-refractivity contribution in [1.82, 2.24) is 9.78 Å². The van der Waals surface area contributed by atoms with Crippen LogP contribution in [-0.2, 0) is 33.4 Å². The molecule has 2 bridgehead atoms. The van der Waals surface area contributed by atoms with Crippen molar-refractivity contribution in [2.75, 3.05) is 37.5 Å². The SMILES string of the molecule is COc1nn(C)cc1C(=O)C[S@@]1(=O)=NC(=O)c2ccc3c(c2)N(C[C@@H]2CC[C@H]2C(=O)/C=C/C[C@H](C)[C@H]1C)C[C@@]1(CCCc2cc(Cl)ccc21)CO3. The summed E-state index contributed by atoms with van der Waals surface area (Å²) in [6.45, 7) is 5.41. The smallest absolute Gasteiger partial charge is 0.285 e. The second-order valence-corrected chi connectivity index (χ2v) is 17.9. The van der Waals surface area contributed by atoms with E-state index in [1.54, 1.807) is 38.2 Å². The van der Waals surface area contributed by atoms with Crippen molar-refractivity contribution in [3.63, 3.8) is 0 Å². The van der Waals surface area contributed by atoms with E-state index in [9.17, 15) is 18.6 Å². The topological polar surface area (TPSA) is 120 Å². The number of aromatic nitrogens is 2. The number of hydrogen-bond acceptors (Lipinski definition) is 8. The number of carbonyl (C=O) groups excluding carboxylic acids is 3. The van der Waals surface area contributed by atoms with Crippen LogP contribution in [0.5, 0.6) is 11.6 Å². The molecule has 1 fully saturated rings.